The standard InChI is InChI=1S/C22H20N2O4/c1-2-22(12-11-19(25)24-21(22)27)15-7-9-16(10-8-15)23-20(26)18-13-14-5-3-4-6-17(14)28-18/h3-10,13H,2,11-12H2,1H3,(H,23,26)(H,24,25,27)/t22-/m0/s1. The van der Waals surface area contributed by atoms with Gasteiger partial charge in [-0.05, 0) is 42.7 Å². The van der Waals surface area contributed by atoms with Crippen molar-refractivity contribution in [2.45, 2.75) is 31.6 Å². The molecule has 1 aliphatic rings. The lowest BCUT2D eigenvalue weighted by Gasteiger charge is -2.35. The number of hydrogen-bond acceptors (Lipinski definition) is 4. The van der Waals surface area contributed by atoms with Gasteiger partial charge >= 0.3 is 0 Å². The van der Waals surface area contributed by atoms with Crippen molar-refractivity contribution in [1.29, 1.82) is 0 Å². The molecule has 0 aliphatic carbocycles. The Morgan fingerprint density at radius 2 is 1.89 bits per heavy atom. The van der Waals surface area contributed by atoms with E-state index in [0.29, 0.717) is 30.5 Å². The molecule has 0 unspecified atom stereocenters. The smallest absolute Gasteiger partial charge is 0.291 e. The molecule has 4 rings (SSSR count). The van der Waals surface area contributed by atoms with Crippen LogP contribution in [0.4, 0.5) is 5.69 Å². The second kappa shape index (κ2) is 6.96. The minimum Gasteiger partial charge on any atom is -0.451 e. The van der Waals surface area contributed by atoms with Crippen LogP contribution < -0.4 is 10.6 Å². The van der Waals surface area contributed by atoms with Gasteiger partial charge in [0.25, 0.3) is 5.91 Å². The van der Waals surface area contributed by atoms with Crippen LogP contribution in [0.5, 0.6) is 0 Å². The van der Waals surface area contributed by atoms with Crippen molar-refractivity contribution < 1.29 is 18.8 Å². The summed E-state index contributed by atoms with van der Waals surface area (Å²) in [4.78, 5) is 36.4. The average Bonchev–Trinajstić information content (AvgIpc) is 3.14. The molecular formula is C22H20N2O4. The first-order chi connectivity index (χ1) is 13.5. The fourth-order valence-electron chi connectivity index (χ4n) is 3.73. The molecule has 0 saturated carbocycles. The number of furan rings is 1. The predicted molar refractivity (Wildman–Crippen MR) is 105 cm³/mol. The van der Waals surface area contributed by atoms with Crippen molar-refractivity contribution in [3.8, 4) is 0 Å². The zero-order valence-corrected chi connectivity index (χ0v) is 15.5. The number of anilines is 1. The number of carbonyl (C=O) groups is 3. The van der Waals surface area contributed by atoms with Crippen molar-refractivity contribution in [2.75, 3.05) is 5.32 Å². The lowest BCUT2D eigenvalue weighted by atomic mass is 9.72. The molecule has 2 aromatic carbocycles. The Bertz CT molecular complexity index is 1030. The van der Waals surface area contributed by atoms with Crippen molar-refractivity contribution in [3.05, 3.63) is 65.9 Å². The van der Waals surface area contributed by atoms with Gasteiger partial charge in [0.1, 0.15) is 5.58 Å². The van der Waals surface area contributed by atoms with Gasteiger partial charge in [0.2, 0.25) is 11.8 Å². The molecule has 0 bridgehead atoms. The molecule has 0 radical (unpaired) electrons. The fourth-order valence-corrected chi connectivity index (χ4v) is 3.73. The van der Waals surface area contributed by atoms with Gasteiger partial charge < -0.3 is 9.73 Å². The summed E-state index contributed by atoms with van der Waals surface area (Å²) < 4.78 is 5.58. The molecule has 2 N–H and O–H groups in total. The Balaban J connectivity index is 1.53. The van der Waals surface area contributed by atoms with Crippen LogP contribution in [0.3, 0.4) is 0 Å². The van der Waals surface area contributed by atoms with Crippen LogP contribution in [0.25, 0.3) is 11.0 Å². The van der Waals surface area contributed by atoms with E-state index in [1.54, 1.807) is 18.2 Å². The van der Waals surface area contributed by atoms with Crippen molar-refractivity contribution >= 4 is 34.4 Å². The number of nitrogens with one attached hydrogen (secondary N) is 2. The minimum absolute atomic E-state index is 0.233. The summed E-state index contributed by atoms with van der Waals surface area (Å²) in [6.07, 6.45) is 1.40. The zero-order valence-electron chi connectivity index (χ0n) is 15.5. The topological polar surface area (TPSA) is 88.4 Å². The highest BCUT2D eigenvalue weighted by atomic mass is 16.3. The van der Waals surface area contributed by atoms with Crippen LogP contribution in [0.15, 0.2) is 59.0 Å². The third-order valence-corrected chi connectivity index (χ3v) is 5.41. The van der Waals surface area contributed by atoms with E-state index >= 15 is 0 Å². The second-order valence-electron chi connectivity index (χ2n) is 6.99. The van der Waals surface area contributed by atoms with E-state index in [9.17, 15) is 14.4 Å². The van der Waals surface area contributed by atoms with E-state index in [0.717, 1.165) is 10.9 Å². The summed E-state index contributed by atoms with van der Waals surface area (Å²) in [6, 6.07) is 16.3. The SMILES string of the molecule is CC[C@@]1(c2ccc(NC(=O)c3cc4ccccc4o3)cc2)CCC(=O)NC1=O. The van der Waals surface area contributed by atoms with E-state index < -0.39 is 5.41 Å². The van der Waals surface area contributed by atoms with Gasteiger partial charge in [0, 0.05) is 17.5 Å². The number of carbonyl (C=O) groups excluding carboxylic acids is 3. The van der Waals surface area contributed by atoms with Crippen LogP contribution in [0.1, 0.15) is 42.3 Å². The van der Waals surface area contributed by atoms with E-state index in [1.165, 1.54) is 0 Å². The van der Waals surface area contributed by atoms with Crippen LogP contribution in [-0.2, 0) is 15.0 Å². The van der Waals surface area contributed by atoms with E-state index in [1.807, 2.05) is 43.3 Å². The fraction of sp³-hybridized carbons (Fsp3) is 0.227. The van der Waals surface area contributed by atoms with Crippen LogP contribution in [-0.4, -0.2) is 17.7 Å². The number of imide groups is 1. The minimum atomic E-state index is -0.713. The highest BCUT2D eigenvalue weighted by Gasteiger charge is 2.42. The summed E-state index contributed by atoms with van der Waals surface area (Å²) >= 11 is 0. The summed E-state index contributed by atoms with van der Waals surface area (Å²) in [6.45, 7) is 1.94. The maximum absolute atomic E-state index is 12.5. The summed E-state index contributed by atoms with van der Waals surface area (Å²) in [5, 5.41) is 6.12. The Kier molecular flexibility index (Phi) is 4.47. The van der Waals surface area contributed by atoms with Crippen LogP contribution >= 0.6 is 0 Å². The zero-order chi connectivity index (χ0) is 19.7. The largest absolute Gasteiger partial charge is 0.451 e. The van der Waals surface area contributed by atoms with E-state index in [2.05, 4.69) is 10.6 Å². The van der Waals surface area contributed by atoms with Crippen molar-refractivity contribution in [2.24, 2.45) is 0 Å². The molecule has 0 spiro atoms. The highest BCUT2D eigenvalue weighted by molar-refractivity contribution is 6.05. The van der Waals surface area contributed by atoms with Crippen molar-refractivity contribution in [1.82, 2.24) is 5.32 Å². The van der Waals surface area contributed by atoms with Crippen LogP contribution in [0, 0.1) is 0 Å². The lowest BCUT2D eigenvalue weighted by molar-refractivity contribution is -0.138. The molecule has 1 fully saturated rings. The van der Waals surface area contributed by atoms with Gasteiger partial charge in [-0.1, -0.05) is 37.3 Å². The molecule has 142 valence electrons. The molecule has 3 amide bonds. The number of amides is 3. The molecular weight excluding hydrogens is 356 g/mol. The molecule has 28 heavy (non-hydrogen) atoms. The summed E-state index contributed by atoms with van der Waals surface area (Å²) in [5.74, 6) is -0.593. The third-order valence-electron chi connectivity index (χ3n) is 5.41. The predicted octanol–water partition coefficient (Wildman–Crippen LogP) is 3.77. The molecule has 2 heterocycles. The number of hydrogen-bond donors (Lipinski definition) is 2. The van der Waals surface area contributed by atoms with E-state index in [-0.39, 0.29) is 23.5 Å². The number of rotatable bonds is 4. The molecule has 6 heteroatoms. The Hall–Kier alpha value is -3.41. The van der Waals surface area contributed by atoms with Gasteiger partial charge in [-0.3, -0.25) is 19.7 Å². The molecule has 6 nitrogen and oxygen atoms in total. The summed E-state index contributed by atoms with van der Waals surface area (Å²) in [5.41, 5.74) is 1.38. The first-order valence-corrected chi connectivity index (χ1v) is 9.26. The Morgan fingerprint density at radius 1 is 1.14 bits per heavy atom. The van der Waals surface area contributed by atoms with Crippen LogP contribution in [0.2, 0.25) is 0 Å². The summed E-state index contributed by atoms with van der Waals surface area (Å²) in [7, 11) is 0. The number of benzene rings is 2. The first-order valence-electron chi connectivity index (χ1n) is 9.26. The van der Waals surface area contributed by atoms with Gasteiger partial charge in [-0.25, -0.2) is 0 Å². The Morgan fingerprint density at radius 3 is 2.57 bits per heavy atom. The Labute approximate surface area is 161 Å². The number of para-hydroxylation sites is 1. The number of piperidine rings is 1. The lowest BCUT2D eigenvalue weighted by Crippen LogP contribution is -2.51. The average molecular weight is 376 g/mol. The van der Waals surface area contributed by atoms with Gasteiger partial charge in [0.15, 0.2) is 5.76 Å². The normalized spacial score (nSPS) is 19.5. The molecule has 1 saturated heterocycles. The third kappa shape index (κ3) is 3.07. The second-order valence-corrected chi connectivity index (χ2v) is 6.99. The molecule has 3 aromatic rings. The molecule has 1 aliphatic heterocycles. The number of fused-ring (bicyclic) bond motifs is 1. The van der Waals surface area contributed by atoms with Gasteiger partial charge in [-0.2, -0.15) is 0 Å². The molecule has 1 atom stereocenters. The van der Waals surface area contributed by atoms with Crippen molar-refractivity contribution in [3.63, 3.8) is 0 Å². The quantitative estimate of drug-likeness (QED) is 0.679. The maximum atomic E-state index is 12.5. The monoisotopic (exact) mass is 376 g/mol. The van der Waals surface area contributed by atoms with Gasteiger partial charge in [-0.15, -0.1) is 0 Å². The first kappa shape index (κ1) is 18.0. The maximum Gasteiger partial charge on any atom is 0.291 e. The van der Waals surface area contributed by atoms with Gasteiger partial charge in [0.05, 0.1) is 5.41 Å². The highest BCUT2D eigenvalue weighted by Crippen LogP contribution is 2.36. The molecule has 1 aromatic heterocycles. The van der Waals surface area contributed by atoms with E-state index in [4.69, 9.17) is 4.42 Å².